The smallest absolute Gasteiger partial charge is 0.223 e. The summed E-state index contributed by atoms with van der Waals surface area (Å²) in [5.41, 5.74) is 8.27. The van der Waals surface area contributed by atoms with Gasteiger partial charge in [0.15, 0.2) is 0 Å². The lowest BCUT2D eigenvalue weighted by atomic mass is 9.94. The lowest BCUT2D eigenvalue weighted by Gasteiger charge is -2.26. The van der Waals surface area contributed by atoms with E-state index in [9.17, 15) is 0 Å². The van der Waals surface area contributed by atoms with Crippen LogP contribution in [0.4, 0.5) is 5.95 Å². The van der Waals surface area contributed by atoms with Crippen molar-refractivity contribution in [2.45, 2.75) is 58.9 Å². The molecule has 0 aliphatic rings. The van der Waals surface area contributed by atoms with Crippen molar-refractivity contribution in [2.75, 3.05) is 11.9 Å². The molecule has 1 aromatic heterocycles. The normalized spacial score (nSPS) is 11.6. The molecule has 102 valence electrons. The largest absolute Gasteiger partial charge is 0.352 e. The molecule has 3 N–H and O–H groups in total. The van der Waals surface area contributed by atoms with Crippen molar-refractivity contribution in [3.05, 3.63) is 17.5 Å². The van der Waals surface area contributed by atoms with Gasteiger partial charge in [-0.2, -0.15) is 0 Å². The Balaban J connectivity index is 2.78. The van der Waals surface area contributed by atoms with Gasteiger partial charge in [-0.1, -0.05) is 27.7 Å². The van der Waals surface area contributed by atoms with Gasteiger partial charge in [0.1, 0.15) is 0 Å². The van der Waals surface area contributed by atoms with Crippen molar-refractivity contribution in [3.63, 3.8) is 0 Å². The van der Waals surface area contributed by atoms with Crippen molar-refractivity contribution < 1.29 is 0 Å². The van der Waals surface area contributed by atoms with Gasteiger partial charge in [0.05, 0.1) is 0 Å². The lowest BCUT2D eigenvalue weighted by Crippen LogP contribution is -2.45. The molecule has 0 atom stereocenters. The zero-order valence-electron chi connectivity index (χ0n) is 12.1. The molecule has 1 heterocycles. The molecule has 0 bridgehead atoms. The van der Waals surface area contributed by atoms with E-state index >= 15 is 0 Å². The molecular weight excluding hydrogens is 224 g/mol. The molecule has 1 rings (SSSR count). The van der Waals surface area contributed by atoms with Gasteiger partial charge in [-0.25, -0.2) is 9.97 Å². The Hall–Kier alpha value is -1.16. The van der Waals surface area contributed by atoms with Crippen LogP contribution in [0, 0.1) is 0 Å². The van der Waals surface area contributed by atoms with Gasteiger partial charge in [-0.15, -0.1) is 0 Å². The van der Waals surface area contributed by atoms with Gasteiger partial charge in [0, 0.05) is 23.5 Å². The Bertz CT molecular complexity index is 350. The van der Waals surface area contributed by atoms with Crippen molar-refractivity contribution in [1.82, 2.24) is 9.97 Å². The number of nitrogens with zero attached hydrogens (tertiary/aromatic N) is 2. The maximum Gasteiger partial charge on any atom is 0.223 e. The highest BCUT2D eigenvalue weighted by Gasteiger charge is 2.20. The molecule has 0 amide bonds. The standard InChI is InChI=1S/C14H26N4/c1-5-11-9-12(6-2)18-13(17-11)16-10-14(15,7-3)8-4/h9H,5-8,10,15H2,1-4H3,(H,16,17,18). The SMILES string of the molecule is CCc1cc(CC)nc(NCC(N)(CC)CC)n1. The molecule has 0 aromatic carbocycles. The average molecular weight is 250 g/mol. The number of aromatic nitrogens is 2. The quantitative estimate of drug-likeness (QED) is 0.780. The highest BCUT2D eigenvalue weighted by atomic mass is 15.1. The summed E-state index contributed by atoms with van der Waals surface area (Å²) in [6.45, 7) is 9.17. The summed E-state index contributed by atoms with van der Waals surface area (Å²) in [7, 11) is 0. The van der Waals surface area contributed by atoms with Crippen LogP contribution < -0.4 is 11.1 Å². The molecule has 1 aromatic rings. The molecule has 18 heavy (non-hydrogen) atoms. The summed E-state index contributed by atoms with van der Waals surface area (Å²) in [5, 5.41) is 3.29. The minimum Gasteiger partial charge on any atom is -0.352 e. The van der Waals surface area contributed by atoms with E-state index in [0.717, 1.165) is 43.6 Å². The second-order valence-electron chi connectivity index (χ2n) is 4.80. The maximum atomic E-state index is 6.27. The van der Waals surface area contributed by atoms with Crippen LogP contribution in [0.3, 0.4) is 0 Å². The fourth-order valence-electron chi connectivity index (χ4n) is 1.75. The Labute approximate surface area is 110 Å². The van der Waals surface area contributed by atoms with E-state index in [0.29, 0.717) is 5.95 Å². The zero-order chi connectivity index (χ0) is 13.6. The average Bonchev–Trinajstić information content (AvgIpc) is 2.44. The van der Waals surface area contributed by atoms with E-state index in [1.54, 1.807) is 0 Å². The van der Waals surface area contributed by atoms with Crippen LogP contribution in [-0.2, 0) is 12.8 Å². The maximum absolute atomic E-state index is 6.27. The van der Waals surface area contributed by atoms with E-state index in [1.807, 2.05) is 0 Å². The van der Waals surface area contributed by atoms with Gasteiger partial charge in [-0.05, 0) is 31.7 Å². The summed E-state index contributed by atoms with van der Waals surface area (Å²) >= 11 is 0. The minimum absolute atomic E-state index is 0.169. The highest BCUT2D eigenvalue weighted by Crippen LogP contribution is 2.13. The minimum atomic E-state index is -0.169. The van der Waals surface area contributed by atoms with E-state index in [2.05, 4.69) is 49.0 Å². The third kappa shape index (κ3) is 3.95. The van der Waals surface area contributed by atoms with E-state index < -0.39 is 0 Å². The van der Waals surface area contributed by atoms with Crippen molar-refractivity contribution in [3.8, 4) is 0 Å². The van der Waals surface area contributed by atoms with Crippen LogP contribution in [0.5, 0.6) is 0 Å². The molecule has 0 aliphatic heterocycles. The molecule has 0 spiro atoms. The summed E-state index contributed by atoms with van der Waals surface area (Å²) in [6, 6.07) is 2.07. The molecule has 0 unspecified atom stereocenters. The molecule has 4 heteroatoms. The van der Waals surface area contributed by atoms with Gasteiger partial charge < -0.3 is 11.1 Å². The van der Waals surface area contributed by atoms with Crippen LogP contribution in [0.15, 0.2) is 6.07 Å². The number of anilines is 1. The molecule has 4 nitrogen and oxygen atoms in total. The molecule has 0 saturated heterocycles. The zero-order valence-corrected chi connectivity index (χ0v) is 12.1. The lowest BCUT2D eigenvalue weighted by molar-refractivity contribution is 0.417. The van der Waals surface area contributed by atoms with Crippen LogP contribution in [0.1, 0.15) is 51.9 Å². The van der Waals surface area contributed by atoms with Crippen LogP contribution in [-0.4, -0.2) is 22.1 Å². The Morgan fingerprint density at radius 1 is 1.06 bits per heavy atom. The second-order valence-corrected chi connectivity index (χ2v) is 4.80. The van der Waals surface area contributed by atoms with E-state index in [-0.39, 0.29) is 5.54 Å². The van der Waals surface area contributed by atoms with Crippen LogP contribution in [0.25, 0.3) is 0 Å². The third-order valence-corrected chi connectivity index (χ3v) is 3.56. The van der Waals surface area contributed by atoms with Crippen molar-refractivity contribution in [2.24, 2.45) is 5.73 Å². The number of aryl methyl sites for hydroxylation is 2. The Morgan fingerprint density at radius 2 is 1.56 bits per heavy atom. The molecular formula is C14H26N4. The number of hydrogen-bond donors (Lipinski definition) is 2. The number of nitrogens with two attached hydrogens (primary N) is 1. The monoisotopic (exact) mass is 250 g/mol. The summed E-state index contributed by atoms with van der Waals surface area (Å²) < 4.78 is 0. The van der Waals surface area contributed by atoms with Crippen molar-refractivity contribution >= 4 is 5.95 Å². The highest BCUT2D eigenvalue weighted by molar-refractivity contribution is 5.29. The number of hydrogen-bond acceptors (Lipinski definition) is 4. The van der Waals surface area contributed by atoms with Crippen LogP contribution in [0.2, 0.25) is 0 Å². The molecule has 0 aliphatic carbocycles. The first kappa shape index (κ1) is 14.9. The predicted octanol–water partition coefficient (Wildman–Crippen LogP) is 2.53. The Kier molecular flexibility index (Phi) is 5.54. The van der Waals surface area contributed by atoms with Crippen molar-refractivity contribution in [1.29, 1.82) is 0 Å². The number of nitrogens with one attached hydrogen (secondary N) is 1. The fourth-order valence-corrected chi connectivity index (χ4v) is 1.75. The van der Waals surface area contributed by atoms with Gasteiger partial charge in [0.2, 0.25) is 5.95 Å². The molecule has 0 radical (unpaired) electrons. The summed E-state index contributed by atoms with van der Waals surface area (Å²) in [5.74, 6) is 0.711. The molecule has 0 saturated carbocycles. The predicted molar refractivity (Wildman–Crippen MR) is 76.8 cm³/mol. The fraction of sp³-hybridized carbons (Fsp3) is 0.714. The summed E-state index contributed by atoms with van der Waals surface area (Å²) in [4.78, 5) is 8.99. The van der Waals surface area contributed by atoms with E-state index in [1.165, 1.54) is 0 Å². The summed E-state index contributed by atoms with van der Waals surface area (Å²) in [6.07, 6.45) is 3.76. The Morgan fingerprint density at radius 3 is 1.94 bits per heavy atom. The van der Waals surface area contributed by atoms with Gasteiger partial charge in [0.25, 0.3) is 0 Å². The number of rotatable bonds is 7. The van der Waals surface area contributed by atoms with Crippen LogP contribution >= 0.6 is 0 Å². The first-order valence-electron chi connectivity index (χ1n) is 6.96. The third-order valence-electron chi connectivity index (χ3n) is 3.56. The first-order valence-corrected chi connectivity index (χ1v) is 6.96. The topological polar surface area (TPSA) is 63.8 Å². The van der Waals surface area contributed by atoms with Gasteiger partial charge >= 0.3 is 0 Å². The molecule has 0 fully saturated rings. The second kappa shape index (κ2) is 6.69. The first-order chi connectivity index (χ1) is 8.56. The van der Waals surface area contributed by atoms with E-state index in [4.69, 9.17) is 5.73 Å². The van der Waals surface area contributed by atoms with Gasteiger partial charge in [-0.3, -0.25) is 0 Å².